The lowest BCUT2D eigenvalue weighted by Gasteiger charge is -2.28. The Bertz CT molecular complexity index is 822. The molecule has 0 saturated carbocycles. The molecule has 0 unspecified atom stereocenters. The van der Waals surface area contributed by atoms with E-state index >= 15 is 0 Å². The van der Waals surface area contributed by atoms with Gasteiger partial charge in [-0.05, 0) is 37.6 Å². The number of benzene rings is 2. The summed E-state index contributed by atoms with van der Waals surface area (Å²) < 4.78 is 17.2. The first-order valence-corrected chi connectivity index (χ1v) is 8.65. The monoisotopic (exact) mass is 352 g/mol. The molecule has 4 heteroatoms. The SMILES string of the molecule is COc1ccc2c(c1C=CC(C)(C)OC)O[C@@H](c1ccccc1)CC2=O. The maximum Gasteiger partial charge on any atom is 0.170 e. The van der Waals surface area contributed by atoms with Crippen molar-refractivity contribution in [2.45, 2.75) is 32.0 Å². The molecular weight excluding hydrogens is 328 g/mol. The maximum atomic E-state index is 12.7. The molecule has 2 aromatic carbocycles. The highest BCUT2D eigenvalue weighted by molar-refractivity contribution is 6.01. The van der Waals surface area contributed by atoms with Crippen LogP contribution in [0.2, 0.25) is 0 Å². The van der Waals surface area contributed by atoms with Crippen LogP contribution < -0.4 is 9.47 Å². The second-order valence-corrected chi connectivity index (χ2v) is 6.84. The van der Waals surface area contributed by atoms with Crippen LogP contribution in [0.3, 0.4) is 0 Å². The minimum Gasteiger partial charge on any atom is -0.496 e. The molecule has 0 spiro atoms. The van der Waals surface area contributed by atoms with Gasteiger partial charge in [0.25, 0.3) is 0 Å². The standard InChI is InChI=1S/C22H24O4/c1-22(2,25-4)13-12-17-19(24-3)11-10-16-18(23)14-20(26-21(16)17)15-8-6-5-7-9-15/h5-13,20H,14H2,1-4H3/t20-/m1/s1. The van der Waals surface area contributed by atoms with Crippen LogP contribution in [0.4, 0.5) is 0 Å². The Morgan fingerprint density at radius 1 is 1.12 bits per heavy atom. The lowest BCUT2D eigenvalue weighted by atomic mass is 9.93. The van der Waals surface area contributed by atoms with Crippen molar-refractivity contribution < 1.29 is 19.0 Å². The average Bonchev–Trinajstić information content (AvgIpc) is 2.66. The highest BCUT2D eigenvalue weighted by Gasteiger charge is 2.30. The molecular formula is C22H24O4. The molecule has 1 heterocycles. The summed E-state index contributed by atoms with van der Waals surface area (Å²) >= 11 is 0. The summed E-state index contributed by atoms with van der Waals surface area (Å²) in [4.78, 5) is 12.7. The van der Waals surface area contributed by atoms with Crippen LogP contribution in [0.15, 0.2) is 48.5 Å². The van der Waals surface area contributed by atoms with Gasteiger partial charge in [0, 0.05) is 7.11 Å². The van der Waals surface area contributed by atoms with Crippen LogP contribution in [0.25, 0.3) is 6.08 Å². The van der Waals surface area contributed by atoms with E-state index in [1.807, 2.05) is 62.4 Å². The Morgan fingerprint density at radius 2 is 1.85 bits per heavy atom. The molecule has 0 N–H and O–H groups in total. The van der Waals surface area contributed by atoms with E-state index in [9.17, 15) is 4.79 Å². The van der Waals surface area contributed by atoms with E-state index in [0.717, 1.165) is 11.1 Å². The van der Waals surface area contributed by atoms with Gasteiger partial charge >= 0.3 is 0 Å². The normalized spacial score (nSPS) is 17.1. The first-order valence-electron chi connectivity index (χ1n) is 8.65. The van der Waals surface area contributed by atoms with Gasteiger partial charge in [-0.2, -0.15) is 0 Å². The van der Waals surface area contributed by atoms with Gasteiger partial charge in [-0.3, -0.25) is 4.79 Å². The number of methoxy groups -OCH3 is 2. The van der Waals surface area contributed by atoms with Crippen molar-refractivity contribution in [2.75, 3.05) is 14.2 Å². The van der Waals surface area contributed by atoms with Crippen LogP contribution >= 0.6 is 0 Å². The van der Waals surface area contributed by atoms with Crippen molar-refractivity contribution in [1.29, 1.82) is 0 Å². The van der Waals surface area contributed by atoms with Crippen molar-refractivity contribution >= 4 is 11.9 Å². The first-order chi connectivity index (χ1) is 12.4. The molecule has 0 bridgehead atoms. The number of fused-ring (bicyclic) bond motifs is 1. The quantitative estimate of drug-likeness (QED) is 0.772. The van der Waals surface area contributed by atoms with Gasteiger partial charge in [-0.1, -0.05) is 36.4 Å². The highest BCUT2D eigenvalue weighted by Crippen LogP contribution is 2.42. The number of ketones is 1. The van der Waals surface area contributed by atoms with E-state index in [2.05, 4.69) is 0 Å². The fourth-order valence-corrected chi connectivity index (χ4v) is 2.93. The predicted molar refractivity (Wildman–Crippen MR) is 102 cm³/mol. The lowest BCUT2D eigenvalue weighted by Crippen LogP contribution is -2.21. The van der Waals surface area contributed by atoms with Gasteiger partial charge in [0.2, 0.25) is 0 Å². The molecule has 136 valence electrons. The Labute approximate surface area is 154 Å². The van der Waals surface area contributed by atoms with Crippen LogP contribution in [-0.4, -0.2) is 25.6 Å². The maximum absolute atomic E-state index is 12.7. The predicted octanol–water partition coefficient (Wildman–Crippen LogP) is 4.84. The van der Waals surface area contributed by atoms with E-state index in [0.29, 0.717) is 23.5 Å². The van der Waals surface area contributed by atoms with E-state index in [-0.39, 0.29) is 11.9 Å². The molecule has 1 aliphatic heterocycles. The van der Waals surface area contributed by atoms with E-state index < -0.39 is 5.60 Å². The topological polar surface area (TPSA) is 44.8 Å². The molecule has 0 amide bonds. The highest BCUT2D eigenvalue weighted by atomic mass is 16.5. The molecule has 0 radical (unpaired) electrons. The van der Waals surface area contributed by atoms with Crippen LogP contribution in [0.1, 0.15) is 47.9 Å². The summed E-state index contributed by atoms with van der Waals surface area (Å²) in [5.41, 5.74) is 1.89. The molecule has 1 aliphatic rings. The van der Waals surface area contributed by atoms with Crippen LogP contribution in [0, 0.1) is 0 Å². The second kappa shape index (κ2) is 7.34. The number of rotatable bonds is 5. The van der Waals surface area contributed by atoms with E-state index in [1.54, 1.807) is 20.3 Å². The smallest absolute Gasteiger partial charge is 0.170 e. The largest absolute Gasteiger partial charge is 0.496 e. The Hall–Kier alpha value is -2.59. The molecule has 4 nitrogen and oxygen atoms in total. The molecule has 1 atom stereocenters. The van der Waals surface area contributed by atoms with Gasteiger partial charge < -0.3 is 14.2 Å². The molecule has 0 saturated heterocycles. The van der Waals surface area contributed by atoms with Gasteiger partial charge in [0.15, 0.2) is 5.78 Å². The zero-order chi connectivity index (χ0) is 18.7. The number of Topliss-reactive ketones (excluding diaryl/α,β-unsaturated/α-hetero) is 1. The first kappa shape index (κ1) is 18.2. The molecule has 0 fully saturated rings. The second-order valence-electron chi connectivity index (χ2n) is 6.84. The number of hydrogen-bond acceptors (Lipinski definition) is 4. The number of carbonyl (C=O) groups excluding carboxylic acids is 1. The van der Waals surface area contributed by atoms with Gasteiger partial charge in [0.05, 0.1) is 30.3 Å². The lowest BCUT2D eigenvalue weighted by molar-refractivity contribution is 0.0663. The zero-order valence-corrected chi connectivity index (χ0v) is 15.6. The number of ether oxygens (including phenoxy) is 3. The number of carbonyl (C=O) groups is 1. The summed E-state index contributed by atoms with van der Waals surface area (Å²) in [6.45, 7) is 3.92. The molecule has 0 aliphatic carbocycles. The third kappa shape index (κ3) is 3.65. The van der Waals surface area contributed by atoms with Gasteiger partial charge in [-0.25, -0.2) is 0 Å². The van der Waals surface area contributed by atoms with E-state index in [4.69, 9.17) is 14.2 Å². The fraction of sp³-hybridized carbons (Fsp3) is 0.318. The molecule has 0 aromatic heterocycles. The van der Waals surface area contributed by atoms with Crippen molar-refractivity contribution in [3.63, 3.8) is 0 Å². The minimum absolute atomic E-state index is 0.0726. The Morgan fingerprint density at radius 3 is 2.50 bits per heavy atom. The average molecular weight is 352 g/mol. The summed E-state index contributed by atoms with van der Waals surface area (Å²) in [6, 6.07) is 13.4. The number of hydrogen-bond donors (Lipinski definition) is 0. The summed E-state index contributed by atoms with van der Waals surface area (Å²) in [5.74, 6) is 1.30. The van der Waals surface area contributed by atoms with Crippen molar-refractivity contribution in [2.24, 2.45) is 0 Å². The molecule has 3 rings (SSSR count). The van der Waals surface area contributed by atoms with Crippen molar-refractivity contribution in [1.82, 2.24) is 0 Å². The summed E-state index contributed by atoms with van der Waals surface area (Å²) in [7, 11) is 3.27. The van der Waals surface area contributed by atoms with Crippen molar-refractivity contribution in [3.8, 4) is 11.5 Å². The third-order valence-electron chi connectivity index (χ3n) is 4.66. The van der Waals surface area contributed by atoms with Gasteiger partial charge in [0.1, 0.15) is 17.6 Å². The Kier molecular flexibility index (Phi) is 5.14. The molecule has 2 aromatic rings. The van der Waals surface area contributed by atoms with Gasteiger partial charge in [-0.15, -0.1) is 0 Å². The summed E-state index contributed by atoms with van der Waals surface area (Å²) in [6.07, 6.45) is 3.87. The fourth-order valence-electron chi connectivity index (χ4n) is 2.93. The third-order valence-corrected chi connectivity index (χ3v) is 4.66. The summed E-state index contributed by atoms with van der Waals surface area (Å²) in [5, 5.41) is 0. The zero-order valence-electron chi connectivity index (χ0n) is 15.6. The van der Waals surface area contributed by atoms with Crippen LogP contribution in [-0.2, 0) is 4.74 Å². The van der Waals surface area contributed by atoms with Crippen molar-refractivity contribution in [3.05, 3.63) is 65.2 Å². The Balaban J connectivity index is 2.06. The molecule has 26 heavy (non-hydrogen) atoms. The minimum atomic E-state index is -0.439. The van der Waals surface area contributed by atoms with Crippen LogP contribution in [0.5, 0.6) is 11.5 Å². The van der Waals surface area contributed by atoms with E-state index in [1.165, 1.54) is 0 Å².